The second-order valence-electron chi connectivity index (χ2n) is 25.3. The first-order valence-electron chi connectivity index (χ1n) is 31.8. The molecule has 8 rings (SSSR count). The zero-order valence-electron chi connectivity index (χ0n) is 54.0. The number of carbonyl (C=O) groups excluding carboxylic acids is 4. The van der Waals surface area contributed by atoms with Crippen LogP contribution in [0.4, 0.5) is 0 Å². The Morgan fingerprint density at radius 2 is 0.596 bits per heavy atom. The number of amides is 4. The maximum atomic E-state index is 13.0. The van der Waals surface area contributed by atoms with Crippen LogP contribution >= 0.6 is 0 Å². The molecule has 8 fully saturated rings. The van der Waals surface area contributed by atoms with Gasteiger partial charge in [-0.15, -0.1) is 0 Å². The minimum Gasteiger partial charge on any atom is -0.394 e. The van der Waals surface area contributed by atoms with Crippen molar-refractivity contribution in [2.75, 3.05) is 39.6 Å². The molecule has 0 aliphatic carbocycles. The minimum atomic E-state index is -2.24. The van der Waals surface area contributed by atoms with Crippen molar-refractivity contribution in [1.29, 1.82) is 0 Å². The predicted molar refractivity (Wildman–Crippen MR) is 308 cm³/mol. The summed E-state index contributed by atoms with van der Waals surface area (Å²) in [4.78, 5) is 50.8. The van der Waals surface area contributed by atoms with Crippen molar-refractivity contribution >= 4 is 23.6 Å². The van der Waals surface area contributed by atoms with Crippen molar-refractivity contribution < 1.29 is 192 Å². The molecule has 43 nitrogen and oxygen atoms in total. The van der Waals surface area contributed by atoms with Crippen LogP contribution in [-0.2, 0) is 90.2 Å². The molecule has 8 heterocycles. The van der Waals surface area contributed by atoms with Crippen molar-refractivity contribution in [3.05, 3.63) is 0 Å². The van der Waals surface area contributed by atoms with Crippen molar-refractivity contribution in [1.82, 2.24) is 21.3 Å². The molecule has 0 aromatic carbocycles. The standard InChI is InChI=1S/C56H94N4O39/c1-13-29(70)39(80)41(82)53(86-13)98-47-45(96-51-25(57-15(3)66)36(77)31(72)19(7-61)89-51)33(74)21(9-63)91-55(47)94-43-23(11-65)93-50(27(38(43)79)59-17(5)68)85-12-24-35(76)44(28(49(84)88-24)60-18(6)69)95-56-48(99-54-42(83)40(81)30(71)14(2)87-54)46(34(75)22(10-64)92-56)97-52-26(58-16(4)67)37(78)32(73)20(8-62)90-52/h13-14,19-56,61-65,70-84H,7-12H2,1-6H3,(H,57,66)(H,58,67)(H,59,68)(H,60,69)/t13-,14-,19+,20+,21+,22+,23+,24+,25+,26+,27+,28+,29+,30+,31-,32+,33-,34-,35-,36+,37+,38+,39+,40+,41-,42-,43+,44+,45-,46-,47+,48+,49?,50+,51+,52+,53-,54-,55-,56-/m0/s1. The van der Waals surface area contributed by atoms with E-state index in [1.54, 1.807) is 0 Å². The summed E-state index contributed by atoms with van der Waals surface area (Å²) in [5, 5.41) is 231. The molecule has 0 aromatic rings. The summed E-state index contributed by atoms with van der Waals surface area (Å²) in [6.45, 7) is 0.296. The lowest BCUT2D eigenvalue weighted by atomic mass is 9.94. The number of hydrogen-bond acceptors (Lipinski definition) is 39. The topological polar surface area (TPSA) is 659 Å². The van der Waals surface area contributed by atoms with Crippen LogP contribution in [0.15, 0.2) is 0 Å². The highest BCUT2D eigenvalue weighted by Gasteiger charge is 2.60. The van der Waals surface area contributed by atoms with Gasteiger partial charge in [0.25, 0.3) is 0 Å². The Bertz CT molecular complexity index is 2600. The molecule has 4 amide bonds. The number of aliphatic hydroxyl groups is 20. The Morgan fingerprint density at radius 3 is 0.980 bits per heavy atom. The van der Waals surface area contributed by atoms with E-state index in [9.17, 15) is 121 Å². The van der Waals surface area contributed by atoms with Crippen molar-refractivity contribution in [3.8, 4) is 0 Å². The van der Waals surface area contributed by atoms with Crippen LogP contribution in [0.2, 0.25) is 0 Å². The third-order valence-electron chi connectivity index (χ3n) is 18.2. The van der Waals surface area contributed by atoms with E-state index in [-0.39, 0.29) is 0 Å². The summed E-state index contributed by atoms with van der Waals surface area (Å²) >= 11 is 0. The van der Waals surface area contributed by atoms with Crippen LogP contribution in [0.5, 0.6) is 0 Å². The number of aliphatic hydroxyl groups excluding tert-OH is 20. The van der Waals surface area contributed by atoms with Crippen LogP contribution in [0, 0.1) is 0 Å². The maximum absolute atomic E-state index is 13.0. The molecule has 0 spiro atoms. The molecule has 99 heavy (non-hydrogen) atoms. The van der Waals surface area contributed by atoms with E-state index in [0.717, 1.165) is 27.7 Å². The first-order chi connectivity index (χ1) is 46.7. The van der Waals surface area contributed by atoms with Gasteiger partial charge in [0.15, 0.2) is 50.3 Å². The quantitative estimate of drug-likeness (QED) is 0.0427. The predicted octanol–water partition coefficient (Wildman–Crippen LogP) is -15.8. The van der Waals surface area contributed by atoms with Gasteiger partial charge in [-0.05, 0) is 13.8 Å². The minimum absolute atomic E-state index is 0.815. The summed E-state index contributed by atoms with van der Waals surface area (Å²) in [6.07, 6.45) is -70.1. The van der Waals surface area contributed by atoms with Crippen molar-refractivity contribution in [3.63, 3.8) is 0 Å². The number of hydrogen-bond donors (Lipinski definition) is 24. The van der Waals surface area contributed by atoms with Gasteiger partial charge in [-0.2, -0.15) is 0 Å². The van der Waals surface area contributed by atoms with Gasteiger partial charge in [0.05, 0.1) is 51.8 Å². The van der Waals surface area contributed by atoms with Gasteiger partial charge in [-0.3, -0.25) is 19.2 Å². The molecule has 8 aliphatic rings. The number of carbonyl (C=O) groups is 4. The molecule has 24 N–H and O–H groups in total. The summed E-state index contributed by atoms with van der Waals surface area (Å²) in [7, 11) is 0. The first-order valence-corrected chi connectivity index (χ1v) is 31.8. The SMILES string of the molecule is CC(=O)N[C@H]1[C@H](OC[C@H]2OC(O)[C@H](NC(C)=O)[C@@H](O[C@@H]3O[C@H](CO)[C@H](O)[C@H](O[C@H]4O[C@H](CO)[C@@H](O)[C@H](O)[C@H]4NC(C)=O)[C@H]3O[C@@H]3O[C@@H](C)[C@@H](O)[C@@H](O)[C@@H]3O)[C@H]2O)O[C@H](CO)[C@@H](O[C@@H]2O[C@H](CO)[C@H](O)[C@H](O[C@H]3O[C@H](CO)[C@H](O)[C@H](O)[C@H]3NC(C)=O)[C@H]2O[C@@H]2O[C@@H](C)[C@@H](O)[C@@H](O)[C@@H]2O)[C@@H]1O. The monoisotopic (exact) mass is 1450 g/mol. The average molecular weight is 1450 g/mol. The fourth-order valence-electron chi connectivity index (χ4n) is 12.8. The van der Waals surface area contributed by atoms with Crippen LogP contribution in [0.3, 0.4) is 0 Å². The zero-order chi connectivity index (χ0) is 73.1. The number of rotatable bonds is 24. The van der Waals surface area contributed by atoms with Crippen LogP contribution in [-0.4, -0.2) is 411 Å². The lowest BCUT2D eigenvalue weighted by molar-refractivity contribution is -0.400. The van der Waals surface area contributed by atoms with Crippen molar-refractivity contribution in [2.24, 2.45) is 0 Å². The Morgan fingerprint density at radius 1 is 0.283 bits per heavy atom. The highest BCUT2D eigenvalue weighted by Crippen LogP contribution is 2.40. The van der Waals surface area contributed by atoms with E-state index < -0.39 is 309 Å². The summed E-state index contributed by atoms with van der Waals surface area (Å²) in [6, 6.07) is -7.14. The second kappa shape index (κ2) is 35.0. The third kappa shape index (κ3) is 18.1. The van der Waals surface area contributed by atoms with Crippen LogP contribution < -0.4 is 21.3 Å². The first kappa shape index (κ1) is 81.2. The fourth-order valence-corrected chi connectivity index (χ4v) is 12.8. The Balaban J connectivity index is 1.09. The smallest absolute Gasteiger partial charge is 0.217 e. The van der Waals surface area contributed by atoms with E-state index >= 15 is 0 Å². The van der Waals surface area contributed by atoms with E-state index in [0.29, 0.717) is 0 Å². The van der Waals surface area contributed by atoms with E-state index in [4.69, 9.17) is 71.1 Å². The largest absolute Gasteiger partial charge is 0.394 e. The van der Waals surface area contributed by atoms with Gasteiger partial charge >= 0.3 is 0 Å². The van der Waals surface area contributed by atoms with E-state index in [1.807, 2.05) is 0 Å². The molecule has 8 saturated heterocycles. The molecule has 0 radical (unpaired) electrons. The van der Waals surface area contributed by atoms with Gasteiger partial charge in [0.2, 0.25) is 23.6 Å². The molecule has 0 aromatic heterocycles. The number of ether oxygens (including phenoxy) is 15. The molecule has 8 aliphatic heterocycles. The molecule has 0 bridgehead atoms. The molecule has 572 valence electrons. The second-order valence-corrected chi connectivity index (χ2v) is 25.3. The van der Waals surface area contributed by atoms with E-state index in [2.05, 4.69) is 21.3 Å². The van der Waals surface area contributed by atoms with Gasteiger partial charge in [-0.25, -0.2) is 0 Å². The molecule has 40 atom stereocenters. The summed E-state index contributed by atoms with van der Waals surface area (Å²) < 4.78 is 90.0. The lowest BCUT2D eigenvalue weighted by Crippen LogP contribution is -2.71. The molecule has 43 heteroatoms. The van der Waals surface area contributed by atoms with E-state index in [1.165, 1.54) is 13.8 Å². The Kier molecular flexibility index (Phi) is 28.7. The zero-order valence-corrected chi connectivity index (χ0v) is 54.0. The van der Waals surface area contributed by atoms with Gasteiger partial charge < -0.3 is 194 Å². The van der Waals surface area contributed by atoms with Crippen LogP contribution in [0.1, 0.15) is 41.5 Å². The highest BCUT2D eigenvalue weighted by atomic mass is 16.8. The molecular formula is C56H94N4O39. The fraction of sp³-hybridized carbons (Fsp3) is 0.929. The Hall–Kier alpha value is -3.52. The normalized spacial score (nSPS) is 49.1. The molecular weight excluding hydrogens is 1350 g/mol. The lowest BCUT2D eigenvalue weighted by Gasteiger charge is -2.51. The molecule has 0 saturated carbocycles. The number of nitrogens with one attached hydrogen (secondary N) is 4. The van der Waals surface area contributed by atoms with Crippen molar-refractivity contribution in [2.45, 2.75) is 287 Å². The van der Waals surface area contributed by atoms with Gasteiger partial charge in [0, 0.05) is 27.7 Å². The van der Waals surface area contributed by atoms with Gasteiger partial charge in [0.1, 0.15) is 183 Å². The highest BCUT2D eigenvalue weighted by molar-refractivity contribution is 5.74. The summed E-state index contributed by atoms with van der Waals surface area (Å²) in [5.74, 6) is -3.43. The average Bonchev–Trinajstić information content (AvgIpc) is 0.766. The summed E-state index contributed by atoms with van der Waals surface area (Å²) in [5.41, 5.74) is 0. The molecule has 1 unspecified atom stereocenters. The van der Waals surface area contributed by atoms with Crippen LogP contribution in [0.25, 0.3) is 0 Å². The third-order valence-corrected chi connectivity index (χ3v) is 18.2. The van der Waals surface area contributed by atoms with Gasteiger partial charge in [-0.1, -0.05) is 0 Å². The Labute approximate surface area is 562 Å². The maximum Gasteiger partial charge on any atom is 0.217 e.